The van der Waals surface area contributed by atoms with Crippen LogP contribution in [0.15, 0.2) is 51.8 Å². The maximum absolute atomic E-state index is 12.8. The van der Waals surface area contributed by atoms with E-state index in [0.29, 0.717) is 17.0 Å². The average Bonchev–Trinajstić information content (AvgIpc) is 3.06. The van der Waals surface area contributed by atoms with E-state index in [2.05, 4.69) is 21.2 Å². The molecule has 0 radical (unpaired) electrons. The monoisotopic (exact) mass is 548 g/mol. The second-order valence-corrected chi connectivity index (χ2v) is 8.74. The number of nitrogens with one attached hydrogen (secondary N) is 1. The largest absolute Gasteiger partial charge is 0.493 e. The third-order valence-electron chi connectivity index (χ3n) is 4.44. The van der Waals surface area contributed by atoms with E-state index in [0.717, 1.165) is 21.1 Å². The molecule has 0 saturated carbocycles. The average molecular weight is 549 g/mol. The fourth-order valence-corrected chi connectivity index (χ4v) is 4.00. The van der Waals surface area contributed by atoms with Crippen molar-refractivity contribution in [2.45, 2.75) is 6.92 Å². The second-order valence-electron chi connectivity index (χ2n) is 6.83. The third kappa shape index (κ3) is 6.61. The minimum Gasteiger partial charge on any atom is -0.493 e. The number of ether oxygens (including phenoxy) is 3. The van der Waals surface area contributed by atoms with Crippen LogP contribution < -0.4 is 14.8 Å². The van der Waals surface area contributed by atoms with Crippen molar-refractivity contribution in [2.75, 3.05) is 32.2 Å². The Labute approximate surface area is 208 Å². The van der Waals surface area contributed by atoms with Gasteiger partial charge in [0.05, 0.1) is 18.6 Å². The van der Waals surface area contributed by atoms with Crippen LogP contribution in [0.4, 0.5) is 10.5 Å². The quantitative estimate of drug-likeness (QED) is 0.368. The lowest BCUT2D eigenvalue weighted by atomic mass is 10.2. The van der Waals surface area contributed by atoms with Crippen molar-refractivity contribution < 1.29 is 33.4 Å². The summed E-state index contributed by atoms with van der Waals surface area (Å²) in [5.41, 5.74) is 1.09. The van der Waals surface area contributed by atoms with Gasteiger partial charge in [0.2, 0.25) is 5.91 Å². The summed E-state index contributed by atoms with van der Waals surface area (Å²) in [6.07, 6.45) is 1.51. The minimum atomic E-state index is -0.578. The van der Waals surface area contributed by atoms with Crippen molar-refractivity contribution in [3.8, 4) is 11.5 Å². The fourth-order valence-electron chi connectivity index (χ4n) is 2.90. The highest BCUT2D eigenvalue weighted by Crippen LogP contribution is 2.34. The Balaban J connectivity index is 1.70. The van der Waals surface area contributed by atoms with Crippen LogP contribution in [0.25, 0.3) is 6.08 Å². The SMILES string of the molecule is CCOC(=O)COc1cc(/C=C2\SC(=O)N(CC(=O)Nc3ccc(Br)cc3)C2=O)ccc1OC. The maximum Gasteiger partial charge on any atom is 0.344 e. The highest BCUT2D eigenvalue weighted by atomic mass is 79.9. The number of anilines is 1. The predicted octanol–water partition coefficient (Wildman–Crippen LogP) is 4.07. The summed E-state index contributed by atoms with van der Waals surface area (Å²) in [6, 6.07) is 11.8. The molecule has 3 rings (SSSR count). The van der Waals surface area contributed by atoms with Crippen LogP contribution >= 0.6 is 27.7 Å². The third-order valence-corrected chi connectivity index (χ3v) is 5.88. The Morgan fingerprint density at radius 1 is 1.12 bits per heavy atom. The molecule has 1 N–H and O–H groups in total. The molecule has 34 heavy (non-hydrogen) atoms. The topological polar surface area (TPSA) is 111 Å². The lowest BCUT2D eigenvalue weighted by molar-refractivity contribution is -0.145. The Kier molecular flexibility index (Phi) is 8.72. The molecule has 0 unspecified atom stereocenters. The van der Waals surface area contributed by atoms with Gasteiger partial charge in [-0.05, 0) is 66.7 Å². The molecular weight excluding hydrogens is 528 g/mol. The van der Waals surface area contributed by atoms with Crippen molar-refractivity contribution in [1.82, 2.24) is 4.90 Å². The highest BCUT2D eigenvalue weighted by molar-refractivity contribution is 9.10. The molecule has 1 fully saturated rings. The first-order chi connectivity index (χ1) is 16.3. The lowest BCUT2D eigenvalue weighted by Crippen LogP contribution is -2.36. The van der Waals surface area contributed by atoms with E-state index in [1.54, 1.807) is 49.4 Å². The zero-order valence-corrected chi connectivity index (χ0v) is 20.7. The molecule has 0 atom stereocenters. The smallest absolute Gasteiger partial charge is 0.344 e. The van der Waals surface area contributed by atoms with Crippen LogP contribution in [0.5, 0.6) is 11.5 Å². The van der Waals surface area contributed by atoms with Gasteiger partial charge in [-0.25, -0.2) is 4.79 Å². The van der Waals surface area contributed by atoms with Gasteiger partial charge in [-0.15, -0.1) is 0 Å². The number of halogens is 1. The first kappa shape index (κ1) is 25.3. The van der Waals surface area contributed by atoms with Gasteiger partial charge in [-0.1, -0.05) is 22.0 Å². The number of hydrogen-bond donors (Lipinski definition) is 1. The molecule has 2 aromatic carbocycles. The molecule has 0 bridgehead atoms. The van der Waals surface area contributed by atoms with Crippen molar-refractivity contribution in [1.29, 1.82) is 0 Å². The summed E-state index contributed by atoms with van der Waals surface area (Å²) in [7, 11) is 1.46. The van der Waals surface area contributed by atoms with Gasteiger partial charge in [-0.2, -0.15) is 0 Å². The first-order valence-corrected chi connectivity index (χ1v) is 11.7. The number of carbonyl (C=O) groups is 4. The fraction of sp³-hybridized carbons (Fsp3) is 0.217. The molecular formula is C23H21BrN2O7S. The van der Waals surface area contributed by atoms with E-state index < -0.39 is 29.6 Å². The summed E-state index contributed by atoms with van der Waals surface area (Å²) in [4.78, 5) is 50.1. The van der Waals surface area contributed by atoms with Gasteiger partial charge in [0.25, 0.3) is 11.1 Å². The van der Waals surface area contributed by atoms with Gasteiger partial charge in [0.1, 0.15) is 6.54 Å². The number of amides is 3. The van der Waals surface area contributed by atoms with E-state index >= 15 is 0 Å². The van der Waals surface area contributed by atoms with Crippen LogP contribution in [0.1, 0.15) is 12.5 Å². The molecule has 1 aliphatic heterocycles. The number of carbonyl (C=O) groups excluding carboxylic acids is 4. The summed E-state index contributed by atoms with van der Waals surface area (Å²) in [6.45, 7) is 1.21. The van der Waals surface area contributed by atoms with Gasteiger partial charge in [-0.3, -0.25) is 19.3 Å². The van der Waals surface area contributed by atoms with Gasteiger partial charge < -0.3 is 19.5 Å². The summed E-state index contributed by atoms with van der Waals surface area (Å²) in [5.74, 6) is -0.940. The maximum atomic E-state index is 12.8. The molecule has 0 aromatic heterocycles. The Bertz CT molecular complexity index is 1130. The van der Waals surface area contributed by atoms with Crippen LogP contribution in [0.3, 0.4) is 0 Å². The van der Waals surface area contributed by atoms with Crippen LogP contribution in [0.2, 0.25) is 0 Å². The lowest BCUT2D eigenvalue weighted by Gasteiger charge is -2.12. The Morgan fingerprint density at radius 2 is 1.85 bits per heavy atom. The normalized spacial score (nSPS) is 14.3. The number of thioether (sulfide) groups is 1. The summed E-state index contributed by atoms with van der Waals surface area (Å²) in [5, 5.41) is 2.10. The number of benzene rings is 2. The Hall–Kier alpha value is -3.31. The molecule has 1 heterocycles. The van der Waals surface area contributed by atoms with Crippen molar-refractivity contribution >= 4 is 62.5 Å². The molecule has 1 saturated heterocycles. The van der Waals surface area contributed by atoms with Gasteiger partial charge in [0.15, 0.2) is 18.1 Å². The van der Waals surface area contributed by atoms with E-state index in [-0.39, 0.29) is 23.9 Å². The molecule has 1 aliphatic rings. The number of methoxy groups -OCH3 is 1. The standard InChI is InChI=1S/C23H21BrN2O7S/c1-3-32-21(28)13-33-18-10-14(4-9-17(18)31-2)11-19-22(29)26(23(30)34-19)12-20(27)25-16-7-5-15(24)6-8-16/h4-11H,3,12-13H2,1-2H3,(H,25,27)/b19-11-. The van der Waals surface area contributed by atoms with Gasteiger partial charge in [0, 0.05) is 10.2 Å². The number of hydrogen-bond acceptors (Lipinski definition) is 8. The Morgan fingerprint density at radius 3 is 2.53 bits per heavy atom. The number of imide groups is 1. The van der Waals surface area contributed by atoms with Gasteiger partial charge >= 0.3 is 5.97 Å². The second kappa shape index (κ2) is 11.7. The van der Waals surface area contributed by atoms with Crippen molar-refractivity contribution in [3.63, 3.8) is 0 Å². The minimum absolute atomic E-state index is 0.156. The van der Waals surface area contributed by atoms with E-state index in [1.165, 1.54) is 13.2 Å². The number of nitrogens with zero attached hydrogens (tertiary/aromatic N) is 1. The first-order valence-electron chi connectivity index (χ1n) is 10.1. The molecule has 9 nitrogen and oxygen atoms in total. The van der Waals surface area contributed by atoms with Crippen molar-refractivity contribution in [2.24, 2.45) is 0 Å². The molecule has 0 aliphatic carbocycles. The van der Waals surface area contributed by atoms with E-state index in [1.807, 2.05) is 0 Å². The summed E-state index contributed by atoms with van der Waals surface area (Å²) >= 11 is 4.04. The molecule has 178 valence electrons. The summed E-state index contributed by atoms with van der Waals surface area (Å²) < 4.78 is 16.4. The molecule has 2 aromatic rings. The number of esters is 1. The van der Waals surface area contributed by atoms with Crippen LogP contribution in [-0.4, -0.2) is 54.8 Å². The zero-order valence-electron chi connectivity index (χ0n) is 18.3. The zero-order chi connectivity index (χ0) is 24.7. The van der Waals surface area contributed by atoms with E-state index in [4.69, 9.17) is 14.2 Å². The molecule has 3 amide bonds. The van der Waals surface area contributed by atoms with Crippen molar-refractivity contribution in [3.05, 3.63) is 57.4 Å². The number of rotatable bonds is 9. The highest BCUT2D eigenvalue weighted by Gasteiger charge is 2.36. The van der Waals surface area contributed by atoms with Crippen LogP contribution in [-0.2, 0) is 19.1 Å². The molecule has 0 spiro atoms. The van der Waals surface area contributed by atoms with Crippen LogP contribution in [0, 0.1) is 0 Å². The molecule has 11 heteroatoms. The van der Waals surface area contributed by atoms with E-state index in [9.17, 15) is 19.2 Å². The predicted molar refractivity (Wildman–Crippen MR) is 131 cm³/mol.